The fourth-order valence-electron chi connectivity index (χ4n) is 7.40. The number of H-pyrrole nitrogens is 1. The summed E-state index contributed by atoms with van der Waals surface area (Å²) < 4.78 is 29.0. The molecule has 0 radical (unpaired) electrons. The van der Waals surface area contributed by atoms with Crippen molar-refractivity contribution in [2.24, 2.45) is 11.3 Å². The van der Waals surface area contributed by atoms with Gasteiger partial charge in [-0.05, 0) is 78.8 Å². The predicted molar refractivity (Wildman–Crippen MR) is 127 cm³/mol. The molecule has 1 aliphatic heterocycles. The summed E-state index contributed by atoms with van der Waals surface area (Å²) >= 11 is 0. The molecule has 1 saturated heterocycles. The lowest BCUT2D eigenvalue weighted by atomic mass is 9.59. The van der Waals surface area contributed by atoms with E-state index < -0.39 is 11.6 Å². The Bertz CT molecular complexity index is 1320. The van der Waals surface area contributed by atoms with E-state index in [-0.39, 0.29) is 33.6 Å². The average molecular weight is 463 g/mol. The lowest BCUT2D eigenvalue weighted by molar-refractivity contribution is 0.112. The Kier molecular flexibility index (Phi) is 4.70. The number of benzene rings is 1. The van der Waals surface area contributed by atoms with Gasteiger partial charge in [0.1, 0.15) is 17.3 Å². The maximum atomic E-state index is 14.5. The number of halogens is 2. The van der Waals surface area contributed by atoms with Crippen LogP contribution in [-0.4, -0.2) is 28.3 Å². The van der Waals surface area contributed by atoms with Crippen LogP contribution in [0.2, 0.25) is 0 Å². The van der Waals surface area contributed by atoms with Crippen LogP contribution in [0.5, 0.6) is 0 Å². The first-order valence-electron chi connectivity index (χ1n) is 12.1. The smallest absolute Gasteiger partial charge is 0.271 e. The lowest BCUT2D eigenvalue weighted by Crippen LogP contribution is -2.51. The molecule has 3 aliphatic rings. The molecule has 3 unspecified atom stereocenters. The third-order valence-electron chi connectivity index (χ3n) is 8.94. The molecular formula is C27H28F2N4O. The quantitative estimate of drug-likeness (QED) is 0.583. The van der Waals surface area contributed by atoms with Gasteiger partial charge in [0.15, 0.2) is 0 Å². The molecule has 7 heteroatoms. The fraction of sp³-hybridized carbons (Fsp3) is 0.444. The van der Waals surface area contributed by atoms with Gasteiger partial charge in [0.25, 0.3) is 5.56 Å². The average Bonchev–Trinajstić information content (AvgIpc) is 3.20. The van der Waals surface area contributed by atoms with Gasteiger partial charge in [0, 0.05) is 24.7 Å². The summed E-state index contributed by atoms with van der Waals surface area (Å²) in [4.78, 5) is 17.5. The largest absolute Gasteiger partial charge is 0.367 e. The first kappa shape index (κ1) is 21.4. The van der Waals surface area contributed by atoms with Gasteiger partial charge in [-0.1, -0.05) is 19.9 Å². The molecule has 0 amide bonds. The Morgan fingerprint density at radius 1 is 1.09 bits per heavy atom. The van der Waals surface area contributed by atoms with E-state index in [1.807, 2.05) is 18.2 Å². The summed E-state index contributed by atoms with van der Waals surface area (Å²) in [5, 5.41) is 9.05. The van der Waals surface area contributed by atoms with E-state index in [1.54, 1.807) is 6.20 Å². The minimum Gasteiger partial charge on any atom is -0.367 e. The van der Waals surface area contributed by atoms with Crippen LogP contribution < -0.4 is 10.5 Å². The number of hydrogen-bond acceptors (Lipinski definition) is 4. The molecule has 1 saturated carbocycles. The number of aromatic nitrogens is 3. The number of aromatic amines is 1. The molecule has 2 aliphatic carbocycles. The number of pyridine rings is 1. The molecule has 3 aromatic rings. The van der Waals surface area contributed by atoms with Gasteiger partial charge in [-0.15, -0.1) is 0 Å². The first-order chi connectivity index (χ1) is 16.3. The molecule has 6 rings (SSSR count). The molecule has 1 aromatic carbocycles. The molecule has 2 fully saturated rings. The summed E-state index contributed by atoms with van der Waals surface area (Å²) in [6, 6.07) is 9.51. The van der Waals surface area contributed by atoms with Crippen LogP contribution in [0.3, 0.4) is 0 Å². The second-order valence-corrected chi connectivity index (χ2v) is 10.6. The summed E-state index contributed by atoms with van der Waals surface area (Å²) in [7, 11) is 0. The standard InChI is InChI=1S/C27H28F2N4O/c1-26(2)18-10-11-27(26,16-6-5-13-33(15-16)22-9-4-12-30-25(22)34)24-17(18)14-21(31-32-24)23-19(28)7-3-8-20(23)29/h3-4,7-9,12,14,16,18H,5-6,10-11,13,15H2,1-2H3,(H,30,34). The highest BCUT2D eigenvalue weighted by Gasteiger charge is 2.66. The van der Waals surface area contributed by atoms with Crippen LogP contribution in [0.4, 0.5) is 14.5 Å². The van der Waals surface area contributed by atoms with Crippen LogP contribution in [0.25, 0.3) is 11.3 Å². The number of fused-ring (bicyclic) bond motifs is 5. The molecule has 3 heterocycles. The fourth-order valence-corrected chi connectivity index (χ4v) is 7.40. The minimum atomic E-state index is -0.623. The van der Waals surface area contributed by atoms with Crippen molar-refractivity contribution in [1.29, 1.82) is 0 Å². The van der Waals surface area contributed by atoms with Crippen LogP contribution in [0.1, 0.15) is 56.7 Å². The van der Waals surface area contributed by atoms with Crippen molar-refractivity contribution in [2.45, 2.75) is 50.9 Å². The zero-order valence-electron chi connectivity index (χ0n) is 19.4. The second kappa shape index (κ2) is 7.45. The monoisotopic (exact) mass is 462 g/mol. The van der Waals surface area contributed by atoms with E-state index in [0.717, 1.165) is 50.0 Å². The molecule has 1 N–H and O–H groups in total. The van der Waals surface area contributed by atoms with Crippen molar-refractivity contribution in [1.82, 2.24) is 15.2 Å². The van der Waals surface area contributed by atoms with Crippen LogP contribution in [-0.2, 0) is 5.41 Å². The number of nitrogens with zero attached hydrogens (tertiary/aromatic N) is 3. The molecule has 34 heavy (non-hydrogen) atoms. The Labute approximate surface area is 197 Å². The number of hydrogen-bond donors (Lipinski definition) is 1. The predicted octanol–water partition coefficient (Wildman–Crippen LogP) is 5.18. The van der Waals surface area contributed by atoms with Gasteiger partial charge < -0.3 is 9.88 Å². The van der Waals surface area contributed by atoms with Gasteiger partial charge >= 0.3 is 0 Å². The van der Waals surface area contributed by atoms with Crippen LogP contribution in [0.15, 0.2) is 47.4 Å². The van der Waals surface area contributed by atoms with Crippen LogP contribution in [0, 0.1) is 23.0 Å². The number of rotatable bonds is 3. The van der Waals surface area contributed by atoms with E-state index >= 15 is 0 Å². The van der Waals surface area contributed by atoms with Crippen LogP contribution >= 0.6 is 0 Å². The second-order valence-electron chi connectivity index (χ2n) is 10.6. The van der Waals surface area contributed by atoms with Crippen molar-refractivity contribution < 1.29 is 8.78 Å². The number of anilines is 1. The third-order valence-corrected chi connectivity index (χ3v) is 8.94. The molecule has 176 valence electrons. The lowest BCUT2D eigenvalue weighted by Gasteiger charge is -2.48. The van der Waals surface area contributed by atoms with E-state index in [0.29, 0.717) is 11.6 Å². The molecule has 2 bridgehead atoms. The number of piperidine rings is 1. The van der Waals surface area contributed by atoms with E-state index in [9.17, 15) is 13.6 Å². The van der Waals surface area contributed by atoms with Crippen molar-refractivity contribution in [3.8, 4) is 11.3 Å². The highest BCUT2D eigenvalue weighted by Crippen LogP contribution is 2.70. The summed E-state index contributed by atoms with van der Waals surface area (Å²) in [6.45, 7) is 6.26. The number of nitrogens with one attached hydrogen (secondary N) is 1. The Morgan fingerprint density at radius 3 is 2.65 bits per heavy atom. The highest BCUT2D eigenvalue weighted by molar-refractivity contribution is 5.63. The SMILES string of the molecule is CC1(C)C2CCC1(C1CCCN(c3ccc[nH]c3=O)C1)c1nnc(-c3c(F)cccc3F)cc12. The van der Waals surface area contributed by atoms with E-state index in [1.165, 1.54) is 18.2 Å². The summed E-state index contributed by atoms with van der Waals surface area (Å²) in [5.74, 6) is -0.667. The third kappa shape index (κ3) is 2.79. The van der Waals surface area contributed by atoms with Crippen molar-refractivity contribution in [2.75, 3.05) is 18.0 Å². The minimum absolute atomic E-state index is 0.0623. The molecule has 0 spiro atoms. The highest BCUT2D eigenvalue weighted by atomic mass is 19.1. The van der Waals surface area contributed by atoms with Crippen molar-refractivity contribution >= 4 is 5.69 Å². The Hall–Kier alpha value is -3.09. The van der Waals surface area contributed by atoms with Gasteiger partial charge in [0.2, 0.25) is 0 Å². The molecule has 3 atom stereocenters. The van der Waals surface area contributed by atoms with Gasteiger partial charge in [-0.3, -0.25) is 4.79 Å². The molecular weight excluding hydrogens is 434 g/mol. The Morgan fingerprint density at radius 2 is 1.88 bits per heavy atom. The zero-order chi connectivity index (χ0) is 23.7. The topological polar surface area (TPSA) is 61.9 Å². The van der Waals surface area contributed by atoms with Crippen molar-refractivity contribution in [3.63, 3.8) is 0 Å². The Balaban J connectivity index is 1.43. The summed E-state index contributed by atoms with van der Waals surface area (Å²) in [6.07, 6.45) is 5.76. The zero-order valence-corrected chi connectivity index (χ0v) is 19.4. The maximum absolute atomic E-state index is 14.5. The van der Waals surface area contributed by atoms with E-state index in [4.69, 9.17) is 0 Å². The van der Waals surface area contributed by atoms with Gasteiger partial charge in [-0.25, -0.2) is 8.78 Å². The normalized spacial score (nSPS) is 27.1. The maximum Gasteiger partial charge on any atom is 0.271 e. The first-order valence-corrected chi connectivity index (χ1v) is 12.1. The molecule has 5 nitrogen and oxygen atoms in total. The van der Waals surface area contributed by atoms with E-state index in [2.05, 4.69) is 33.9 Å². The summed E-state index contributed by atoms with van der Waals surface area (Å²) in [5.41, 5.74) is 2.63. The van der Waals surface area contributed by atoms with Crippen molar-refractivity contribution in [3.05, 3.63) is 75.8 Å². The molecule has 2 aromatic heterocycles. The van der Waals surface area contributed by atoms with Gasteiger partial charge in [0.05, 0.1) is 17.0 Å². The van der Waals surface area contributed by atoms with Gasteiger partial charge in [-0.2, -0.15) is 10.2 Å².